The highest BCUT2D eigenvalue weighted by molar-refractivity contribution is 8.00. The molecule has 2 rings (SSSR count). The first kappa shape index (κ1) is 12.2. The number of halogens is 1. The van der Waals surface area contributed by atoms with Crippen molar-refractivity contribution in [3.8, 4) is 0 Å². The van der Waals surface area contributed by atoms with E-state index in [1.807, 2.05) is 24.3 Å². The number of thioether (sulfide) groups is 1. The van der Waals surface area contributed by atoms with Crippen LogP contribution in [0.3, 0.4) is 0 Å². The van der Waals surface area contributed by atoms with Crippen LogP contribution in [0.25, 0.3) is 0 Å². The second-order valence-corrected chi connectivity index (χ2v) is 5.69. The highest BCUT2D eigenvalue weighted by Crippen LogP contribution is 2.34. The molecule has 1 aromatic carbocycles. The third-order valence-corrected chi connectivity index (χ3v) is 4.69. The number of likely N-dealkylation sites (N-methyl/N-ethyl adjacent to an activating group) is 1. The zero-order valence-corrected chi connectivity index (χ0v) is 10.8. The summed E-state index contributed by atoms with van der Waals surface area (Å²) in [6, 6.07) is 7.81. The summed E-state index contributed by atoms with van der Waals surface area (Å²) in [5.41, 5.74) is 0. The molecule has 0 amide bonds. The SMILES string of the molecule is CCN1CC(O)C(Sc2ccccc2Cl)C1. The average molecular weight is 258 g/mol. The van der Waals surface area contributed by atoms with Crippen molar-refractivity contribution in [3.05, 3.63) is 29.3 Å². The van der Waals surface area contributed by atoms with Crippen LogP contribution in [-0.4, -0.2) is 41.0 Å². The van der Waals surface area contributed by atoms with Gasteiger partial charge in [0, 0.05) is 23.2 Å². The van der Waals surface area contributed by atoms with E-state index >= 15 is 0 Å². The Labute approximate surface area is 106 Å². The number of nitrogens with zero attached hydrogens (tertiary/aromatic N) is 1. The predicted molar refractivity (Wildman–Crippen MR) is 69.2 cm³/mol. The lowest BCUT2D eigenvalue weighted by Gasteiger charge is -2.14. The van der Waals surface area contributed by atoms with Gasteiger partial charge in [-0.3, -0.25) is 4.90 Å². The van der Waals surface area contributed by atoms with Gasteiger partial charge in [-0.05, 0) is 18.7 Å². The molecule has 0 aromatic heterocycles. The first-order valence-electron chi connectivity index (χ1n) is 5.52. The molecule has 2 unspecified atom stereocenters. The maximum absolute atomic E-state index is 9.94. The molecule has 0 radical (unpaired) electrons. The van der Waals surface area contributed by atoms with Crippen molar-refractivity contribution >= 4 is 23.4 Å². The molecule has 0 spiro atoms. The van der Waals surface area contributed by atoms with Crippen LogP contribution in [0.4, 0.5) is 0 Å². The number of aliphatic hydroxyl groups excluding tert-OH is 1. The van der Waals surface area contributed by atoms with Gasteiger partial charge in [0.25, 0.3) is 0 Å². The van der Waals surface area contributed by atoms with Gasteiger partial charge in [-0.2, -0.15) is 0 Å². The number of benzene rings is 1. The zero-order chi connectivity index (χ0) is 11.5. The van der Waals surface area contributed by atoms with Crippen LogP contribution in [0.5, 0.6) is 0 Å². The van der Waals surface area contributed by atoms with Crippen molar-refractivity contribution in [2.75, 3.05) is 19.6 Å². The van der Waals surface area contributed by atoms with E-state index in [-0.39, 0.29) is 11.4 Å². The molecule has 1 aromatic rings. The maximum atomic E-state index is 9.94. The molecule has 1 saturated heterocycles. The summed E-state index contributed by atoms with van der Waals surface area (Å²) < 4.78 is 0. The van der Waals surface area contributed by atoms with E-state index in [0.29, 0.717) is 0 Å². The molecule has 1 aliphatic heterocycles. The van der Waals surface area contributed by atoms with Gasteiger partial charge in [0.1, 0.15) is 0 Å². The standard InChI is InChI=1S/C12H16ClNOS/c1-2-14-7-10(15)12(8-14)16-11-6-4-3-5-9(11)13/h3-6,10,12,15H,2,7-8H2,1H3. The second kappa shape index (κ2) is 5.41. The number of β-amino-alcohol motifs (C(OH)–C–C–N with tert-alkyl or cyclic N) is 1. The van der Waals surface area contributed by atoms with Gasteiger partial charge >= 0.3 is 0 Å². The number of aliphatic hydroxyl groups is 1. The predicted octanol–water partition coefficient (Wildman–Crippen LogP) is 2.50. The maximum Gasteiger partial charge on any atom is 0.0801 e. The third-order valence-electron chi connectivity index (χ3n) is 2.87. The van der Waals surface area contributed by atoms with E-state index < -0.39 is 0 Å². The molecule has 2 nitrogen and oxygen atoms in total. The van der Waals surface area contributed by atoms with Gasteiger partial charge in [-0.25, -0.2) is 0 Å². The van der Waals surface area contributed by atoms with Gasteiger partial charge < -0.3 is 5.11 Å². The quantitative estimate of drug-likeness (QED) is 0.900. The van der Waals surface area contributed by atoms with E-state index in [1.54, 1.807) is 11.8 Å². The first-order chi connectivity index (χ1) is 7.70. The Hall–Kier alpha value is -0.220. The zero-order valence-electron chi connectivity index (χ0n) is 9.27. The van der Waals surface area contributed by atoms with E-state index in [0.717, 1.165) is 29.6 Å². The molecule has 0 saturated carbocycles. The normalized spacial score (nSPS) is 26.2. The van der Waals surface area contributed by atoms with Crippen LogP contribution in [-0.2, 0) is 0 Å². The summed E-state index contributed by atoms with van der Waals surface area (Å²) in [5.74, 6) is 0. The molecule has 1 aliphatic rings. The smallest absolute Gasteiger partial charge is 0.0801 e. The molecule has 1 N–H and O–H groups in total. The van der Waals surface area contributed by atoms with Gasteiger partial charge in [0.2, 0.25) is 0 Å². The monoisotopic (exact) mass is 257 g/mol. The Balaban J connectivity index is 2.03. The molecule has 4 heteroatoms. The second-order valence-electron chi connectivity index (χ2n) is 4.01. The summed E-state index contributed by atoms with van der Waals surface area (Å²) in [6.45, 7) is 4.83. The summed E-state index contributed by atoms with van der Waals surface area (Å²) in [6.07, 6.45) is -0.249. The molecule has 1 heterocycles. The van der Waals surface area contributed by atoms with Gasteiger partial charge in [0.15, 0.2) is 0 Å². The molecular formula is C12H16ClNOS. The minimum Gasteiger partial charge on any atom is -0.391 e. The third kappa shape index (κ3) is 2.72. The summed E-state index contributed by atoms with van der Waals surface area (Å²) in [7, 11) is 0. The number of hydrogen-bond donors (Lipinski definition) is 1. The van der Waals surface area contributed by atoms with Crippen LogP contribution in [0, 0.1) is 0 Å². The minimum absolute atomic E-state index is 0.236. The molecule has 0 bridgehead atoms. The van der Waals surface area contributed by atoms with Crippen LogP contribution < -0.4 is 0 Å². The molecule has 0 aliphatic carbocycles. The van der Waals surface area contributed by atoms with Crippen LogP contribution in [0.2, 0.25) is 5.02 Å². The Morgan fingerprint density at radius 1 is 1.44 bits per heavy atom. The van der Waals surface area contributed by atoms with Crippen molar-refractivity contribution in [1.82, 2.24) is 4.90 Å². The van der Waals surface area contributed by atoms with Gasteiger partial charge in [0.05, 0.1) is 11.1 Å². The Morgan fingerprint density at radius 2 is 2.19 bits per heavy atom. The van der Waals surface area contributed by atoms with E-state index in [1.165, 1.54) is 0 Å². The lowest BCUT2D eigenvalue weighted by molar-refractivity contribution is 0.181. The summed E-state index contributed by atoms with van der Waals surface area (Å²) in [5, 5.41) is 10.9. The van der Waals surface area contributed by atoms with Crippen molar-refractivity contribution in [2.45, 2.75) is 23.2 Å². The minimum atomic E-state index is -0.249. The fraction of sp³-hybridized carbons (Fsp3) is 0.500. The van der Waals surface area contributed by atoms with Gasteiger partial charge in [-0.1, -0.05) is 30.7 Å². The fourth-order valence-corrected chi connectivity index (χ4v) is 3.37. The van der Waals surface area contributed by atoms with Gasteiger partial charge in [-0.15, -0.1) is 11.8 Å². The topological polar surface area (TPSA) is 23.5 Å². The Bertz CT molecular complexity index is 361. The van der Waals surface area contributed by atoms with Crippen molar-refractivity contribution in [2.24, 2.45) is 0 Å². The van der Waals surface area contributed by atoms with E-state index in [2.05, 4.69) is 11.8 Å². The first-order valence-corrected chi connectivity index (χ1v) is 6.78. The van der Waals surface area contributed by atoms with Crippen LogP contribution >= 0.6 is 23.4 Å². The molecule has 2 atom stereocenters. The molecule has 16 heavy (non-hydrogen) atoms. The van der Waals surface area contributed by atoms with Crippen molar-refractivity contribution in [3.63, 3.8) is 0 Å². The van der Waals surface area contributed by atoms with Crippen LogP contribution in [0.15, 0.2) is 29.2 Å². The van der Waals surface area contributed by atoms with Crippen molar-refractivity contribution in [1.29, 1.82) is 0 Å². The largest absolute Gasteiger partial charge is 0.391 e. The van der Waals surface area contributed by atoms with Crippen LogP contribution in [0.1, 0.15) is 6.92 Å². The lowest BCUT2D eigenvalue weighted by atomic mass is 10.3. The number of rotatable bonds is 3. The fourth-order valence-electron chi connectivity index (χ4n) is 1.91. The highest BCUT2D eigenvalue weighted by Gasteiger charge is 2.31. The average Bonchev–Trinajstić information content (AvgIpc) is 2.63. The number of hydrogen-bond acceptors (Lipinski definition) is 3. The molecule has 88 valence electrons. The summed E-state index contributed by atoms with van der Waals surface area (Å²) in [4.78, 5) is 3.32. The lowest BCUT2D eigenvalue weighted by Crippen LogP contribution is -2.21. The molecular weight excluding hydrogens is 242 g/mol. The van der Waals surface area contributed by atoms with E-state index in [4.69, 9.17) is 11.6 Å². The Kier molecular flexibility index (Phi) is 4.14. The molecule has 1 fully saturated rings. The number of likely N-dealkylation sites (tertiary alicyclic amines) is 1. The van der Waals surface area contributed by atoms with E-state index in [9.17, 15) is 5.11 Å². The summed E-state index contributed by atoms with van der Waals surface area (Å²) >= 11 is 7.79. The Morgan fingerprint density at radius 3 is 2.81 bits per heavy atom. The highest BCUT2D eigenvalue weighted by atomic mass is 35.5. The van der Waals surface area contributed by atoms with Crippen molar-refractivity contribution < 1.29 is 5.11 Å².